The zero-order valence-electron chi connectivity index (χ0n) is 17.9. The second-order valence-corrected chi connectivity index (χ2v) is 9.32. The number of hydrogen-bond acceptors (Lipinski definition) is 5. The van der Waals surface area contributed by atoms with Gasteiger partial charge in [-0.1, -0.05) is 13.0 Å². The average Bonchev–Trinajstić information content (AvgIpc) is 3.07. The van der Waals surface area contributed by atoms with E-state index in [2.05, 4.69) is 23.3 Å². The summed E-state index contributed by atoms with van der Waals surface area (Å²) in [5, 5.41) is 10.1. The molecular formula is C23H37N3O3. The molecule has 1 N–H and O–H groups in total. The Bertz CT molecular complexity index is 633. The van der Waals surface area contributed by atoms with Gasteiger partial charge < -0.3 is 19.6 Å². The van der Waals surface area contributed by atoms with Crippen LogP contribution in [0.5, 0.6) is 0 Å². The summed E-state index contributed by atoms with van der Waals surface area (Å²) >= 11 is 0. The topological polar surface area (TPSA) is 56.3 Å². The van der Waals surface area contributed by atoms with Crippen LogP contribution in [0.1, 0.15) is 58.3 Å². The highest BCUT2D eigenvalue weighted by Gasteiger charge is 2.39. The molecule has 2 saturated heterocycles. The van der Waals surface area contributed by atoms with Crippen LogP contribution in [-0.2, 0) is 9.53 Å². The first-order chi connectivity index (χ1) is 14.1. The SMILES string of the molecule is C=CCOC(O)N1CCC(N2CCC(N3C(=O)CC4=C3CC(C)CC4)CC2)CC1. The molecule has 29 heavy (non-hydrogen) atoms. The molecule has 0 bridgehead atoms. The predicted octanol–water partition coefficient (Wildman–Crippen LogP) is 2.70. The van der Waals surface area contributed by atoms with E-state index >= 15 is 0 Å². The van der Waals surface area contributed by atoms with Crippen molar-refractivity contribution in [3.8, 4) is 0 Å². The van der Waals surface area contributed by atoms with Crippen LogP contribution in [0.4, 0.5) is 0 Å². The van der Waals surface area contributed by atoms with Crippen molar-refractivity contribution in [2.24, 2.45) is 5.92 Å². The van der Waals surface area contributed by atoms with Crippen LogP contribution < -0.4 is 0 Å². The first-order valence-corrected chi connectivity index (χ1v) is 11.5. The van der Waals surface area contributed by atoms with Crippen LogP contribution in [-0.4, -0.2) is 77.0 Å². The maximum Gasteiger partial charge on any atom is 0.231 e. The fourth-order valence-electron chi connectivity index (χ4n) is 5.68. The first kappa shape index (κ1) is 21.0. The van der Waals surface area contributed by atoms with Crippen molar-refractivity contribution in [1.82, 2.24) is 14.7 Å². The standard InChI is InChI=1S/C23H37N3O3/c1-3-14-29-23(28)25-12-6-19(7-13-25)24-10-8-20(9-11-24)26-21-15-17(2)4-5-18(21)16-22(26)27/h3,17,19-20,23,28H,1,4-16H2,2H3. The lowest BCUT2D eigenvalue weighted by Crippen LogP contribution is -2.52. The highest BCUT2D eigenvalue weighted by molar-refractivity contribution is 5.84. The maximum atomic E-state index is 12.7. The van der Waals surface area contributed by atoms with Gasteiger partial charge in [-0.05, 0) is 56.4 Å². The largest absolute Gasteiger partial charge is 0.356 e. The number of nitrogens with zero attached hydrogens (tertiary/aromatic N) is 3. The molecular weight excluding hydrogens is 366 g/mol. The van der Waals surface area contributed by atoms with Crippen LogP contribution in [0.3, 0.4) is 0 Å². The molecule has 0 aromatic rings. The molecule has 1 amide bonds. The Hall–Kier alpha value is -1.21. The van der Waals surface area contributed by atoms with E-state index < -0.39 is 6.41 Å². The fraction of sp³-hybridized carbons (Fsp3) is 0.783. The molecule has 0 aromatic heterocycles. The van der Waals surface area contributed by atoms with Gasteiger partial charge in [0.25, 0.3) is 0 Å². The van der Waals surface area contributed by atoms with Crippen LogP contribution in [0.25, 0.3) is 0 Å². The van der Waals surface area contributed by atoms with E-state index in [0.717, 1.165) is 64.7 Å². The van der Waals surface area contributed by atoms with Gasteiger partial charge in [-0.2, -0.15) is 0 Å². The molecule has 4 aliphatic rings. The molecule has 6 heteroatoms. The van der Waals surface area contributed by atoms with Crippen molar-refractivity contribution >= 4 is 5.91 Å². The van der Waals surface area contributed by atoms with E-state index in [1.165, 1.54) is 17.7 Å². The minimum atomic E-state index is -0.818. The molecule has 3 heterocycles. The van der Waals surface area contributed by atoms with Crippen molar-refractivity contribution < 1.29 is 14.6 Å². The molecule has 2 atom stereocenters. The molecule has 6 nitrogen and oxygen atoms in total. The summed E-state index contributed by atoms with van der Waals surface area (Å²) in [4.78, 5) is 19.6. The zero-order chi connectivity index (χ0) is 20.4. The summed E-state index contributed by atoms with van der Waals surface area (Å²) in [5.74, 6) is 1.06. The number of hydrogen-bond donors (Lipinski definition) is 1. The number of ether oxygens (including phenoxy) is 1. The summed E-state index contributed by atoms with van der Waals surface area (Å²) in [6.45, 7) is 10.2. The highest BCUT2D eigenvalue weighted by atomic mass is 16.6. The van der Waals surface area contributed by atoms with Crippen LogP contribution in [0.15, 0.2) is 23.9 Å². The number of likely N-dealkylation sites (tertiary alicyclic amines) is 2. The van der Waals surface area contributed by atoms with Gasteiger partial charge in [0.15, 0.2) is 0 Å². The van der Waals surface area contributed by atoms with Crippen molar-refractivity contribution in [1.29, 1.82) is 0 Å². The molecule has 1 aliphatic carbocycles. The van der Waals surface area contributed by atoms with Gasteiger partial charge in [0.1, 0.15) is 0 Å². The predicted molar refractivity (Wildman–Crippen MR) is 113 cm³/mol. The Kier molecular flexibility index (Phi) is 6.74. The molecule has 162 valence electrons. The number of carbonyl (C=O) groups is 1. The Balaban J connectivity index is 1.27. The Morgan fingerprint density at radius 2 is 1.83 bits per heavy atom. The average molecular weight is 404 g/mol. The lowest BCUT2D eigenvalue weighted by molar-refractivity contribution is -0.194. The summed E-state index contributed by atoms with van der Waals surface area (Å²) in [6, 6.07) is 0.975. The third-order valence-corrected chi connectivity index (χ3v) is 7.37. The fourth-order valence-corrected chi connectivity index (χ4v) is 5.68. The van der Waals surface area contributed by atoms with Gasteiger partial charge in [-0.25, -0.2) is 0 Å². The summed E-state index contributed by atoms with van der Waals surface area (Å²) < 4.78 is 5.35. The number of allylic oxidation sites excluding steroid dienone is 1. The molecule has 0 saturated carbocycles. The lowest BCUT2D eigenvalue weighted by atomic mass is 9.88. The second kappa shape index (κ2) is 9.29. The normalized spacial score (nSPS) is 29.4. The highest BCUT2D eigenvalue weighted by Crippen LogP contribution is 2.40. The zero-order valence-corrected chi connectivity index (χ0v) is 17.9. The van der Waals surface area contributed by atoms with E-state index in [0.29, 0.717) is 36.9 Å². The number of aliphatic hydroxyl groups is 1. The quantitative estimate of drug-likeness (QED) is 0.546. The third-order valence-electron chi connectivity index (χ3n) is 7.37. The maximum absolute atomic E-state index is 12.7. The Labute approximate surface area is 175 Å². The van der Waals surface area contributed by atoms with Crippen LogP contribution in [0.2, 0.25) is 0 Å². The minimum Gasteiger partial charge on any atom is -0.356 e. The van der Waals surface area contributed by atoms with Crippen LogP contribution >= 0.6 is 0 Å². The summed E-state index contributed by atoms with van der Waals surface area (Å²) in [5.41, 5.74) is 2.81. The first-order valence-electron chi connectivity index (χ1n) is 11.5. The van der Waals surface area contributed by atoms with Gasteiger partial charge >= 0.3 is 0 Å². The van der Waals surface area contributed by atoms with E-state index in [9.17, 15) is 9.90 Å². The molecule has 2 unspecified atom stereocenters. The molecule has 2 fully saturated rings. The van der Waals surface area contributed by atoms with Gasteiger partial charge in [-0.3, -0.25) is 9.69 Å². The van der Waals surface area contributed by atoms with Crippen molar-refractivity contribution in [2.45, 2.75) is 76.8 Å². The van der Waals surface area contributed by atoms with Gasteiger partial charge in [-0.15, -0.1) is 6.58 Å². The van der Waals surface area contributed by atoms with E-state index in [1.807, 2.05) is 4.90 Å². The second-order valence-electron chi connectivity index (χ2n) is 9.32. The number of rotatable bonds is 6. The number of aliphatic hydroxyl groups excluding tert-OH is 1. The van der Waals surface area contributed by atoms with Crippen LogP contribution in [0, 0.1) is 5.92 Å². The van der Waals surface area contributed by atoms with Crippen molar-refractivity contribution in [3.05, 3.63) is 23.9 Å². The summed E-state index contributed by atoms with van der Waals surface area (Å²) in [6.07, 6.45) is 9.28. The van der Waals surface area contributed by atoms with Gasteiger partial charge in [0, 0.05) is 44.0 Å². The molecule has 4 rings (SSSR count). The molecule has 0 spiro atoms. The Morgan fingerprint density at radius 1 is 1.14 bits per heavy atom. The molecule has 0 aromatic carbocycles. The number of piperidine rings is 2. The van der Waals surface area contributed by atoms with Gasteiger partial charge in [0.05, 0.1) is 13.0 Å². The van der Waals surface area contributed by atoms with Crippen molar-refractivity contribution in [2.75, 3.05) is 32.8 Å². The van der Waals surface area contributed by atoms with E-state index in [-0.39, 0.29) is 0 Å². The molecule has 3 aliphatic heterocycles. The number of carbonyl (C=O) groups excluding carboxylic acids is 1. The van der Waals surface area contributed by atoms with Crippen molar-refractivity contribution in [3.63, 3.8) is 0 Å². The smallest absolute Gasteiger partial charge is 0.231 e. The minimum absolute atomic E-state index is 0.351. The van der Waals surface area contributed by atoms with Gasteiger partial charge in [0.2, 0.25) is 12.3 Å². The van der Waals surface area contributed by atoms with E-state index in [1.54, 1.807) is 6.08 Å². The lowest BCUT2D eigenvalue weighted by Gasteiger charge is -2.44. The monoisotopic (exact) mass is 403 g/mol. The Morgan fingerprint density at radius 3 is 2.52 bits per heavy atom. The number of amides is 1. The third kappa shape index (κ3) is 4.61. The van der Waals surface area contributed by atoms with E-state index in [4.69, 9.17) is 4.74 Å². The molecule has 0 radical (unpaired) electrons. The summed E-state index contributed by atoms with van der Waals surface area (Å²) in [7, 11) is 0.